The molecule has 13 nitrogen and oxygen atoms in total. The molecule has 2 saturated heterocycles. The van der Waals surface area contributed by atoms with E-state index in [1.807, 2.05) is 51.9 Å². The van der Waals surface area contributed by atoms with Crippen LogP contribution in [-0.2, 0) is 39.7 Å². The van der Waals surface area contributed by atoms with Crippen molar-refractivity contribution in [1.82, 2.24) is 4.90 Å². The smallest absolute Gasteiger partial charge is 0.312 e. The molecular weight excluding hydrogens is 809 g/mol. The van der Waals surface area contributed by atoms with E-state index in [0.717, 1.165) is 5.56 Å². The number of hydrogen-bond acceptors (Lipinski definition) is 13. The normalized spacial score (nSPS) is 36.7. The first-order valence-electron chi connectivity index (χ1n) is 21.2. The fourth-order valence-corrected chi connectivity index (χ4v) is 8.95. The number of likely N-dealkylation sites (N-methyl/N-ethyl adjacent to an activating group) is 1. The summed E-state index contributed by atoms with van der Waals surface area (Å²) in [4.78, 5) is 30.0. The maximum absolute atomic E-state index is 14.3. The Bertz CT molecular complexity index is 1830. The molecule has 340 valence electrons. The molecule has 2 heterocycles. The average Bonchev–Trinajstić information content (AvgIpc) is 3.21. The zero-order chi connectivity index (χ0) is 45.6. The van der Waals surface area contributed by atoms with Crippen molar-refractivity contribution in [3.63, 3.8) is 0 Å². The molecule has 15 heteroatoms. The Morgan fingerprint density at radius 1 is 1.02 bits per heavy atom. The molecule has 0 aromatic heterocycles. The van der Waals surface area contributed by atoms with Gasteiger partial charge in [0.15, 0.2) is 6.29 Å². The van der Waals surface area contributed by atoms with Crippen LogP contribution in [0.5, 0.6) is 0 Å². The van der Waals surface area contributed by atoms with Gasteiger partial charge in [-0.25, -0.2) is 4.39 Å². The van der Waals surface area contributed by atoms with Gasteiger partial charge >= 0.3 is 11.9 Å². The standard InChI is InChI=1S/C46H67ClFN3O10/c1-13-36-46(9,56)41(54)27(4)38(50-49-30(7)32-16-18-33(47)19-17-32)25(2)24-45(8,57-12)42(61-44-39(53)35(51(10)11)22-26(3)58-44)28(5)40(29(6)43(55)59-36)60-37(52)23-31-14-20-34(48)21-15-31/h14-21,25-29,35-36,39-42,44,53-54,56H,13,22-24H2,1-12H3. The van der Waals surface area contributed by atoms with E-state index in [-0.39, 0.29) is 31.4 Å². The van der Waals surface area contributed by atoms with Gasteiger partial charge in [-0.15, -0.1) is 0 Å². The van der Waals surface area contributed by atoms with E-state index in [0.29, 0.717) is 28.4 Å². The van der Waals surface area contributed by atoms with Gasteiger partial charge in [0.2, 0.25) is 0 Å². The van der Waals surface area contributed by atoms with Gasteiger partial charge in [0, 0.05) is 35.7 Å². The first-order valence-corrected chi connectivity index (χ1v) is 21.6. The van der Waals surface area contributed by atoms with Crippen LogP contribution in [0.15, 0.2) is 58.7 Å². The molecule has 61 heavy (non-hydrogen) atoms. The minimum atomic E-state index is -1.98. The Balaban J connectivity index is 1.92. The summed E-state index contributed by atoms with van der Waals surface area (Å²) in [6, 6.07) is 12.3. The molecule has 3 N–H and O–H groups in total. The molecule has 14 atom stereocenters. The van der Waals surface area contributed by atoms with Crippen LogP contribution in [0.25, 0.3) is 0 Å². The summed E-state index contributed by atoms with van der Waals surface area (Å²) in [6.45, 7) is 15.6. The first kappa shape index (κ1) is 50.3. The molecule has 2 aliphatic rings. The number of methoxy groups -OCH3 is 1. The van der Waals surface area contributed by atoms with Crippen LogP contribution >= 0.6 is 11.6 Å². The third-order valence-corrected chi connectivity index (χ3v) is 12.9. The van der Waals surface area contributed by atoms with Gasteiger partial charge in [-0.1, -0.05) is 63.6 Å². The van der Waals surface area contributed by atoms with Crippen molar-refractivity contribution in [3.05, 3.63) is 70.5 Å². The second-order valence-electron chi connectivity index (χ2n) is 17.7. The number of benzene rings is 2. The predicted octanol–water partition coefficient (Wildman–Crippen LogP) is 6.40. The lowest BCUT2D eigenvalue weighted by Gasteiger charge is -2.48. The lowest BCUT2D eigenvalue weighted by Crippen LogP contribution is -2.60. The Kier molecular flexibility index (Phi) is 17.6. The summed E-state index contributed by atoms with van der Waals surface area (Å²) < 4.78 is 45.6. The van der Waals surface area contributed by atoms with E-state index in [2.05, 4.69) is 5.10 Å². The largest absolute Gasteiger partial charge is 0.461 e. The van der Waals surface area contributed by atoms with Gasteiger partial charge in [0.1, 0.15) is 29.7 Å². The monoisotopic (exact) mass is 875 g/mol. The number of halogens is 2. The molecule has 4 rings (SSSR count). The fraction of sp³-hybridized carbons (Fsp3) is 0.652. The van der Waals surface area contributed by atoms with E-state index in [9.17, 15) is 29.3 Å². The first-order chi connectivity index (χ1) is 28.5. The molecule has 0 amide bonds. The minimum absolute atomic E-state index is 0.130. The molecule has 0 aliphatic carbocycles. The van der Waals surface area contributed by atoms with Gasteiger partial charge in [-0.3, -0.25) is 9.59 Å². The van der Waals surface area contributed by atoms with Crippen LogP contribution < -0.4 is 0 Å². The molecular formula is C46H67ClFN3O10. The number of hydrogen-bond donors (Lipinski definition) is 3. The SMILES string of the molecule is CCC1OC(=O)C(C)C(OC(=O)Cc2ccc(F)cc2)C(C)C(OC2OC(C)CC(N(C)C)C2O)C(C)(OC)CC(C)C(=NN=C(C)c2ccc(Cl)cc2)C(C)C(O)C1(C)O. The number of ether oxygens (including phenoxy) is 5. The van der Waals surface area contributed by atoms with E-state index in [1.54, 1.807) is 46.8 Å². The molecule has 14 unspecified atom stereocenters. The quantitative estimate of drug-likeness (QED) is 0.137. The fourth-order valence-electron chi connectivity index (χ4n) is 8.83. The third kappa shape index (κ3) is 12.2. The highest BCUT2D eigenvalue weighted by molar-refractivity contribution is 6.30. The minimum Gasteiger partial charge on any atom is -0.461 e. The Morgan fingerprint density at radius 3 is 2.21 bits per heavy atom. The van der Waals surface area contributed by atoms with Gasteiger partial charge < -0.3 is 43.9 Å². The Morgan fingerprint density at radius 2 is 1.64 bits per heavy atom. The highest BCUT2D eigenvalue weighted by Gasteiger charge is 2.52. The molecule has 2 aliphatic heterocycles. The van der Waals surface area contributed by atoms with E-state index >= 15 is 0 Å². The topological polar surface area (TPSA) is 169 Å². The summed E-state index contributed by atoms with van der Waals surface area (Å²) >= 11 is 6.15. The number of esters is 2. The zero-order valence-corrected chi connectivity index (χ0v) is 38.4. The van der Waals surface area contributed by atoms with Crippen LogP contribution in [-0.4, -0.2) is 125 Å². The summed E-state index contributed by atoms with van der Waals surface area (Å²) in [5.41, 5.74) is -1.02. The molecule has 2 fully saturated rings. The van der Waals surface area contributed by atoms with E-state index < -0.39 is 89.4 Å². The third-order valence-electron chi connectivity index (χ3n) is 12.6. The number of cyclic esters (lactones) is 1. The molecule has 0 bridgehead atoms. The van der Waals surface area contributed by atoms with Crippen molar-refractivity contribution in [1.29, 1.82) is 0 Å². The summed E-state index contributed by atoms with van der Waals surface area (Å²) in [5.74, 6) is -5.29. The van der Waals surface area contributed by atoms with E-state index in [4.69, 9.17) is 40.4 Å². The highest BCUT2D eigenvalue weighted by Crippen LogP contribution is 2.40. The maximum atomic E-state index is 14.3. The Hall–Kier alpha value is -3.34. The molecule has 0 radical (unpaired) electrons. The van der Waals surface area contributed by atoms with Gasteiger partial charge in [0.25, 0.3) is 0 Å². The van der Waals surface area contributed by atoms with Crippen molar-refractivity contribution in [2.24, 2.45) is 33.9 Å². The van der Waals surface area contributed by atoms with Crippen LogP contribution in [0.3, 0.4) is 0 Å². The number of carbonyl (C=O) groups excluding carboxylic acids is 2. The summed E-state index contributed by atoms with van der Waals surface area (Å²) in [7, 11) is 5.25. The lowest BCUT2D eigenvalue weighted by atomic mass is 9.73. The predicted molar refractivity (Wildman–Crippen MR) is 232 cm³/mol. The van der Waals surface area contributed by atoms with Gasteiger partial charge in [0.05, 0.1) is 42.0 Å². The van der Waals surface area contributed by atoms with Gasteiger partial charge in [-0.05, 0) is 109 Å². The van der Waals surface area contributed by atoms with E-state index in [1.165, 1.54) is 38.3 Å². The van der Waals surface area contributed by atoms with Crippen LogP contribution in [0.2, 0.25) is 5.02 Å². The number of nitrogens with zero attached hydrogens (tertiary/aromatic N) is 3. The van der Waals surface area contributed by atoms with Gasteiger partial charge in [-0.2, -0.15) is 10.2 Å². The lowest BCUT2D eigenvalue weighted by molar-refractivity contribution is -0.301. The van der Waals surface area contributed by atoms with Crippen LogP contribution in [0.4, 0.5) is 4.39 Å². The maximum Gasteiger partial charge on any atom is 0.312 e. The van der Waals surface area contributed by atoms with Crippen molar-refractivity contribution >= 4 is 35.0 Å². The molecule has 2 aromatic rings. The van der Waals surface area contributed by atoms with Crippen molar-refractivity contribution < 1.29 is 53.0 Å². The number of carbonyl (C=O) groups is 2. The average molecular weight is 877 g/mol. The molecule has 0 saturated carbocycles. The number of rotatable bonds is 10. The Labute approximate surface area is 365 Å². The summed E-state index contributed by atoms with van der Waals surface area (Å²) in [6.07, 6.45) is -6.92. The highest BCUT2D eigenvalue weighted by atomic mass is 35.5. The number of aliphatic hydroxyl groups is 3. The zero-order valence-electron chi connectivity index (χ0n) is 37.7. The van der Waals surface area contributed by atoms with Crippen molar-refractivity contribution in [3.8, 4) is 0 Å². The van der Waals surface area contributed by atoms with Crippen LogP contribution in [0.1, 0.15) is 92.7 Å². The molecule has 0 spiro atoms. The number of aliphatic hydroxyl groups excluding tert-OH is 2. The second kappa shape index (κ2) is 21.4. The summed E-state index contributed by atoms with van der Waals surface area (Å²) in [5, 5.41) is 45.7. The van der Waals surface area contributed by atoms with Crippen LogP contribution in [0, 0.1) is 29.5 Å². The van der Waals surface area contributed by atoms with Crippen molar-refractivity contribution in [2.45, 2.75) is 148 Å². The second-order valence-corrected chi connectivity index (χ2v) is 18.1. The molecule has 2 aromatic carbocycles. The van der Waals surface area contributed by atoms with Crippen molar-refractivity contribution in [2.75, 3.05) is 21.2 Å².